The molecule has 16 heavy (non-hydrogen) atoms. The molecule has 2 aromatic rings. The Morgan fingerprint density at radius 2 is 2.25 bits per heavy atom. The number of hydrogen-bond donors (Lipinski definition) is 1. The molecule has 0 bridgehead atoms. The number of rotatable bonds is 3. The molecule has 0 unspecified atom stereocenters. The molecular weight excluding hydrogens is 209 g/mol. The predicted molar refractivity (Wildman–Crippen MR) is 59.6 cm³/mol. The molecule has 0 aliphatic heterocycles. The van der Waals surface area contributed by atoms with Gasteiger partial charge in [0.1, 0.15) is 11.2 Å². The lowest BCUT2D eigenvalue weighted by Gasteiger charge is -2.05. The average Bonchev–Trinajstić information content (AvgIpc) is 2.28. The maximum absolute atomic E-state index is 13.5. The topological polar surface area (TPSA) is 60.9 Å². The van der Waals surface area contributed by atoms with Gasteiger partial charge in [0, 0.05) is 6.54 Å². The Balaban J connectivity index is 2.60. The van der Waals surface area contributed by atoms with Crippen LogP contribution in [0.25, 0.3) is 10.9 Å². The smallest absolute Gasteiger partial charge is 0.264 e. The standard InChI is InChI=1S/C11H12FN3O/c12-8-3-1-4-9-10(8)11(16)15(7-14-9)6-2-5-13/h1,3-4,7H,2,5-6,13H2. The van der Waals surface area contributed by atoms with Crippen molar-refractivity contribution in [3.8, 4) is 0 Å². The summed E-state index contributed by atoms with van der Waals surface area (Å²) in [6, 6.07) is 4.42. The van der Waals surface area contributed by atoms with Gasteiger partial charge in [0.05, 0.1) is 11.8 Å². The summed E-state index contributed by atoms with van der Waals surface area (Å²) in [6.07, 6.45) is 2.10. The second-order valence-electron chi connectivity index (χ2n) is 3.52. The molecule has 0 radical (unpaired) electrons. The molecular formula is C11H12FN3O. The Labute approximate surface area is 91.5 Å². The Hall–Kier alpha value is -1.75. The highest BCUT2D eigenvalue weighted by molar-refractivity contribution is 5.77. The minimum atomic E-state index is -0.530. The van der Waals surface area contributed by atoms with Gasteiger partial charge in [-0.25, -0.2) is 9.37 Å². The first-order valence-corrected chi connectivity index (χ1v) is 5.08. The summed E-state index contributed by atoms with van der Waals surface area (Å²) >= 11 is 0. The van der Waals surface area contributed by atoms with Crippen molar-refractivity contribution in [2.75, 3.05) is 6.54 Å². The van der Waals surface area contributed by atoms with Crippen LogP contribution in [0.15, 0.2) is 29.3 Å². The van der Waals surface area contributed by atoms with Gasteiger partial charge in [0.2, 0.25) is 0 Å². The van der Waals surface area contributed by atoms with Crippen LogP contribution >= 0.6 is 0 Å². The van der Waals surface area contributed by atoms with Crippen LogP contribution < -0.4 is 11.3 Å². The highest BCUT2D eigenvalue weighted by atomic mass is 19.1. The summed E-state index contributed by atoms with van der Waals surface area (Å²) in [5.74, 6) is -0.530. The van der Waals surface area contributed by atoms with Crippen molar-refractivity contribution in [2.24, 2.45) is 5.73 Å². The van der Waals surface area contributed by atoms with Crippen LogP contribution in [-0.2, 0) is 6.54 Å². The molecule has 1 heterocycles. The summed E-state index contributed by atoms with van der Waals surface area (Å²) in [4.78, 5) is 15.9. The quantitative estimate of drug-likeness (QED) is 0.837. The van der Waals surface area contributed by atoms with Gasteiger partial charge in [0.25, 0.3) is 5.56 Å². The van der Waals surface area contributed by atoms with Crippen LogP contribution in [0.1, 0.15) is 6.42 Å². The molecule has 0 atom stereocenters. The van der Waals surface area contributed by atoms with E-state index in [-0.39, 0.29) is 10.9 Å². The minimum Gasteiger partial charge on any atom is -0.330 e. The average molecular weight is 221 g/mol. The number of nitrogens with two attached hydrogens (primary N) is 1. The zero-order chi connectivity index (χ0) is 11.5. The van der Waals surface area contributed by atoms with Crippen molar-refractivity contribution in [1.82, 2.24) is 9.55 Å². The van der Waals surface area contributed by atoms with Crippen molar-refractivity contribution >= 4 is 10.9 Å². The molecule has 0 aliphatic rings. The summed E-state index contributed by atoms with van der Waals surface area (Å²) in [5, 5.41) is 0.0435. The number of nitrogens with zero attached hydrogens (tertiary/aromatic N) is 2. The number of aryl methyl sites for hydroxylation is 1. The van der Waals surface area contributed by atoms with Crippen LogP contribution in [0.4, 0.5) is 4.39 Å². The third-order valence-corrected chi connectivity index (χ3v) is 2.41. The van der Waals surface area contributed by atoms with E-state index in [0.717, 1.165) is 0 Å². The number of aromatic nitrogens is 2. The molecule has 0 saturated heterocycles. The van der Waals surface area contributed by atoms with Gasteiger partial charge < -0.3 is 5.73 Å². The van der Waals surface area contributed by atoms with E-state index in [4.69, 9.17) is 5.73 Å². The summed E-state index contributed by atoms with van der Waals surface area (Å²) in [5.41, 5.74) is 5.39. The van der Waals surface area contributed by atoms with E-state index in [1.165, 1.54) is 23.0 Å². The van der Waals surface area contributed by atoms with Crippen LogP contribution in [0, 0.1) is 5.82 Å². The highest BCUT2D eigenvalue weighted by Gasteiger charge is 2.07. The van der Waals surface area contributed by atoms with Crippen molar-refractivity contribution in [3.05, 3.63) is 40.7 Å². The SMILES string of the molecule is NCCCn1cnc2cccc(F)c2c1=O. The largest absolute Gasteiger partial charge is 0.330 e. The summed E-state index contributed by atoms with van der Waals surface area (Å²) in [7, 11) is 0. The maximum Gasteiger partial charge on any atom is 0.264 e. The fourth-order valence-corrected chi connectivity index (χ4v) is 1.58. The second-order valence-corrected chi connectivity index (χ2v) is 3.52. The van der Waals surface area contributed by atoms with E-state index in [1.807, 2.05) is 0 Å². The fourth-order valence-electron chi connectivity index (χ4n) is 1.58. The van der Waals surface area contributed by atoms with Gasteiger partial charge in [-0.3, -0.25) is 9.36 Å². The van der Waals surface area contributed by atoms with Crippen LogP contribution in [0.2, 0.25) is 0 Å². The van der Waals surface area contributed by atoms with Gasteiger partial charge in [0.15, 0.2) is 0 Å². The lowest BCUT2D eigenvalue weighted by Crippen LogP contribution is -2.22. The van der Waals surface area contributed by atoms with E-state index in [9.17, 15) is 9.18 Å². The number of halogens is 1. The van der Waals surface area contributed by atoms with Gasteiger partial charge >= 0.3 is 0 Å². The molecule has 1 aromatic carbocycles. The second kappa shape index (κ2) is 4.40. The van der Waals surface area contributed by atoms with E-state index in [1.54, 1.807) is 6.07 Å². The molecule has 2 rings (SSSR count). The summed E-state index contributed by atoms with van der Waals surface area (Å²) in [6.45, 7) is 0.953. The Kier molecular flexibility index (Phi) is 2.96. The molecule has 84 valence electrons. The molecule has 0 fully saturated rings. The first-order valence-electron chi connectivity index (χ1n) is 5.08. The van der Waals surface area contributed by atoms with E-state index < -0.39 is 5.82 Å². The van der Waals surface area contributed by atoms with Crippen molar-refractivity contribution in [3.63, 3.8) is 0 Å². The number of fused-ring (bicyclic) bond motifs is 1. The Morgan fingerprint density at radius 1 is 1.44 bits per heavy atom. The molecule has 2 N–H and O–H groups in total. The van der Waals surface area contributed by atoms with Gasteiger partial charge in [-0.15, -0.1) is 0 Å². The van der Waals surface area contributed by atoms with Crippen LogP contribution in [0.3, 0.4) is 0 Å². The molecule has 0 saturated carbocycles. The van der Waals surface area contributed by atoms with E-state index in [2.05, 4.69) is 4.98 Å². The molecule has 0 spiro atoms. The van der Waals surface area contributed by atoms with E-state index >= 15 is 0 Å². The molecule has 0 aliphatic carbocycles. The number of hydrogen-bond acceptors (Lipinski definition) is 3. The molecule has 4 nitrogen and oxygen atoms in total. The lowest BCUT2D eigenvalue weighted by molar-refractivity contribution is 0.611. The first-order chi connectivity index (χ1) is 7.74. The molecule has 0 amide bonds. The summed E-state index contributed by atoms with van der Waals surface area (Å²) < 4.78 is 14.9. The fraction of sp³-hybridized carbons (Fsp3) is 0.273. The third kappa shape index (κ3) is 1.81. The van der Waals surface area contributed by atoms with Crippen LogP contribution in [-0.4, -0.2) is 16.1 Å². The predicted octanol–water partition coefficient (Wildman–Crippen LogP) is 0.884. The van der Waals surface area contributed by atoms with Gasteiger partial charge in [-0.1, -0.05) is 6.07 Å². The molecule has 5 heteroatoms. The van der Waals surface area contributed by atoms with Crippen molar-refractivity contribution in [2.45, 2.75) is 13.0 Å². The van der Waals surface area contributed by atoms with Crippen molar-refractivity contribution < 1.29 is 4.39 Å². The van der Waals surface area contributed by atoms with Crippen LogP contribution in [0.5, 0.6) is 0 Å². The van der Waals surface area contributed by atoms with Crippen molar-refractivity contribution in [1.29, 1.82) is 0 Å². The Bertz CT molecular complexity index is 565. The molecule has 1 aromatic heterocycles. The van der Waals surface area contributed by atoms with Gasteiger partial charge in [-0.2, -0.15) is 0 Å². The first kappa shape index (κ1) is 10.8. The Morgan fingerprint density at radius 3 is 3.00 bits per heavy atom. The number of benzene rings is 1. The minimum absolute atomic E-state index is 0.0435. The lowest BCUT2D eigenvalue weighted by atomic mass is 10.2. The highest BCUT2D eigenvalue weighted by Crippen LogP contribution is 2.10. The normalized spacial score (nSPS) is 10.9. The maximum atomic E-state index is 13.5. The zero-order valence-electron chi connectivity index (χ0n) is 8.69. The van der Waals surface area contributed by atoms with Gasteiger partial charge in [-0.05, 0) is 25.1 Å². The zero-order valence-corrected chi connectivity index (χ0v) is 8.69. The third-order valence-electron chi connectivity index (χ3n) is 2.41. The van der Waals surface area contributed by atoms with E-state index in [0.29, 0.717) is 25.0 Å². The monoisotopic (exact) mass is 221 g/mol.